The second-order valence-corrected chi connectivity index (χ2v) is 7.16. The number of likely N-dealkylation sites (tertiary alicyclic amines) is 1. The van der Waals surface area contributed by atoms with E-state index in [1.165, 1.54) is 5.56 Å². The van der Waals surface area contributed by atoms with Gasteiger partial charge in [0.2, 0.25) is 5.91 Å². The summed E-state index contributed by atoms with van der Waals surface area (Å²) in [5, 5.41) is 3.32. The lowest BCUT2D eigenvalue weighted by atomic mass is 9.74. The second-order valence-electron chi connectivity index (χ2n) is 7.16. The number of aryl methyl sites for hydroxylation is 1. The van der Waals surface area contributed by atoms with Crippen molar-refractivity contribution in [3.8, 4) is 0 Å². The summed E-state index contributed by atoms with van der Waals surface area (Å²) < 4.78 is 5.70. The van der Waals surface area contributed by atoms with Crippen LogP contribution in [-0.2, 0) is 11.3 Å². The van der Waals surface area contributed by atoms with Gasteiger partial charge in [0.25, 0.3) is 0 Å². The summed E-state index contributed by atoms with van der Waals surface area (Å²) in [5.41, 5.74) is 1.21. The van der Waals surface area contributed by atoms with Gasteiger partial charge in [-0.2, -0.15) is 0 Å². The molecule has 2 aromatic rings. The van der Waals surface area contributed by atoms with E-state index in [1.54, 1.807) is 0 Å². The van der Waals surface area contributed by atoms with Gasteiger partial charge in [0.15, 0.2) is 0 Å². The number of nitrogens with zero attached hydrogens (tertiary/aromatic N) is 1. The smallest absolute Gasteiger partial charge is 0.221 e. The molecule has 1 amide bonds. The summed E-state index contributed by atoms with van der Waals surface area (Å²) in [6.45, 7) is 4.81. The third-order valence-corrected chi connectivity index (χ3v) is 5.57. The molecule has 4 heteroatoms. The molecule has 4 nitrogen and oxygen atoms in total. The van der Waals surface area contributed by atoms with Gasteiger partial charge in [-0.1, -0.05) is 30.3 Å². The van der Waals surface area contributed by atoms with Crippen molar-refractivity contribution in [2.45, 2.75) is 44.2 Å². The zero-order valence-corrected chi connectivity index (χ0v) is 14.1. The molecule has 1 atom stereocenters. The van der Waals surface area contributed by atoms with Gasteiger partial charge >= 0.3 is 0 Å². The van der Waals surface area contributed by atoms with Crippen molar-refractivity contribution in [1.82, 2.24) is 10.2 Å². The molecule has 1 spiro atoms. The predicted octanol–water partition coefficient (Wildman–Crippen LogP) is 3.23. The quantitative estimate of drug-likeness (QED) is 0.943. The molecule has 1 N–H and O–H groups in total. The standard InChI is InChI=1S/C20H24N2O2/c1-15-7-8-17(24-15)14-22-11-9-20(10-12-22)18(13-19(23)21-20)16-5-3-2-4-6-16/h2-8,18H,9-14H2,1H3,(H,21,23)/t18-/m0/s1. The minimum absolute atomic E-state index is 0.0754. The van der Waals surface area contributed by atoms with Gasteiger partial charge in [0.05, 0.1) is 6.54 Å². The van der Waals surface area contributed by atoms with Crippen molar-refractivity contribution >= 4 is 5.91 Å². The van der Waals surface area contributed by atoms with E-state index in [4.69, 9.17) is 4.42 Å². The molecule has 3 heterocycles. The highest BCUT2D eigenvalue weighted by atomic mass is 16.3. The molecule has 0 unspecified atom stereocenters. The fraction of sp³-hybridized carbons (Fsp3) is 0.450. The van der Waals surface area contributed by atoms with Gasteiger partial charge in [-0.15, -0.1) is 0 Å². The maximum atomic E-state index is 12.1. The minimum Gasteiger partial charge on any atom is -0.465 e. The lowest BCUT2D eigenvalue weighted by molar-refractivity contribution is -0.120. The van der Waals surface area contributed by atoms with Crippen LogP contribution in [0.2, 0.25) is 0 Å². The van der Waals surface area contributed by atoms with Crippen LogP contribution in [0.4, 0.5) is 0 Å². The maximum absolute atomic E-state index is 12.1. The van der Waals surface area contributed by atoms with Crippen LogP contribution in [-0.4, -0.2) is 29.4 Å². The van der Waals surface area contributed by atoms with E-state index in [0.29, 0.717) is 12.3 Å². The van der Waals surface area contributed by atoms with Crippen molar-refractivity contribution in [2.24, 2.45) is 0 Å². The number of benzene rings is 1. The lowest BCUT2D eigenvalue weighted by Crippen LogP contribution is -2.53. The van der Waals surface area contributed by atoms with E-state index in [9.17, 15) is 4.79 Å². The number of amides is 1. The van der Waals surface area contributed by atoms with E-state index in [1.807, 2.05) is 19.1 Å². The van der Waals surface area contributed by atoms with Gasteiger partial charge in [-0.25, -0.2) is 0 Å². The Hall–Kier alpha value is -2.07. The first kappa shape index (κ1) is 15.5. The second kappa shape index (κ2) is 6.10. The topological polar surface area (TPSA) is 45.5 Å². The summed E-state index contributed by atoms with van der Waals surface area (Å²) in [6, 6.07) is 14.6. The highest BCUT2D eigenvalue weighted by molar-refractivity contribution is 5.81. The normalized spacial score (nSPS) is 23.5. The summed E-state index contributed by atoms with van der Waals surface area (Å²) >= 11 is 0. The molecular weight excluding hydrogens is 300 g/mol. The molecule has 0 saturated carbocycles. The molecular formula is C20H24N2O2. The summed E-state index contributed by atoms with van der Waals surface area (Å²) in [5.74, 6) is 2.47. The number of hydrogen-bond donors (Lipinski definition) is 1. The third-order valence-electron chi connectivity index (χ3n) is 5.57. The third kappa shape index (κ3) is 2.86. The Bertz CT molecular complexity index is 714. The van der Waals surface area contributed by atoms with Gasteiger partial charge in [-0.05, 0) is 37.5 Å². The van der Waals surface area contributed by atoms with Gasteiger partial charge in [0.1, 0.15) is 11.5 Å². The summed E-state index contributed by atoms with van der Waals surface area (Å²) in [4.78, 5) is 14.6. The number of piperidine rings is 1. The van der Waals surface area contributed by atoms with E-state index >= 15 is 0 Å². The largest absolute Gasteiger partial charge is 0.465 e. The molecule has 2 aliphatic heterocycles. The van der Waals surface area contributed by atoms with Crippen molar-refractivity contribution in [3.05, 3.63) is 59.5 Å². The molecule has 4 rings (SSSR count). The van der Waals surface area contributed by atoms with Gasteiger partial charge in [-0.3, -0.25) is 9.69 Å². The Morgan fingerprint density at radius 3 is 2.58 bits per heavy atom. The molecule has 0 radical (unpaired) electrons. The Balaban J connectivity index is 1.47. The van der Waals surface area contributed by atoms with Crippen molar-refractivity contribution < 1.29 is 9.21 Å². The fourth-order valence-corrected chi connectivity index (χ4v) is 4.29. The molecule has 1 aromatic heterocycles. The molecule has 2 aliphatic rings. The lowest BCUT2D eigenvalue weighted by Gasteiger charge is -2.42. The molecule has 24 heavy (non-hydrogen) atoms. The van der Waals surface area contributed by atoms with Crippen LogP contribution in [0, 0.1) is 6.92 Å². The van der Waals surface area contributed by atoms with Gasteiger partial charge in [0, 0.05) is 31.0 Å². The number of furan rings is 1. The zero-order valence-electron chi connectivity index (χ0n) is 14.1. The average Bonchev–Trinajstić information content (AvgIpc) is 3.14. The first-order valence-electron chi connectivity index (χ1n) is 8.78. The highest BCUT2D eigenvalue weighted by Crippen LogP contribution is 2.43. The molecule has 126 valence electrons. The van der Waals surface area contributed by atoms with E-state index in [2.05, 4.69) is 40.5 Å². The zero-order chi connectivity index (χ0) is 16.6. The van der Waals surface area contributed by atoms with Gasteiger partial charge < -0.3 is 9.73 Å². The van der Waals surface area contributed by atoms with E-state index in [0.717, 1.165) is 44.0 Å². The first-order valence-corrected chi connectivity index (χ1v) is 8.78. The number of carbonyl (C=O) groups excluding carboxylic acids is 1. The monoisotopic (exact) mass is 324 g/mol. The van der Waals surface area contributed by atoms with Crippen molar-refractivity contribution in [2.75, 3.05) is 13.1 Å². The van der Waals surface area contributed by atoms with E-state index in [-0.39, 0.29) is 11.4 Å². The number of carbonyl (C=O) groups is 1. The molecule has 1 aromatic carbocycles. The van der Waals surface area contributed by atoms with Crippen molar-refractivity contribution in [3.63, 3.8) is 0 Å². The Morgan fingerprint density at radius 1 is 1.17 bits per heavy atom. The SMILES string of the molecule is Cc1ccc(CN2CCC3(CC2)NC(=O)C[C@H]3c2ccccc2)o1. The molecule has 0 bridgehead atoms. The van der Waals surface area contributed by atoms with Crippen LogP contribution < -0.4 is 5.32 Å². The van der Waals surface area contributed by atoms with Crippen LogP contribution in [0.5, 0.6) is 0 Å². The molecule has 2 fully saturated rings. The van der Waals surface area contributed by atoms with Crippen molar-refractivity contribution in [1.29, 1.82) is 0 Å². The van der Waals surface area contributed by atoms with Crippen LogP contribution in [0.3, 0.4) is 0 Å². The van der Waals surface area contributed by atoms with Crippen LogP contribution in [0.15, 0.2) is 46.9 Å². The first-order chi connectivity index (χ1) is 11.6. The van der Waals surface area contributed by atoms with Crippen LogP contribution >= 0.6 is 0 Å². The van der Waals surface area contributed by atoms with Crippen LogP contribution in [0.25, 0.3) is 0 Å². The van der Waals surface area contributed by atoms with Crippen LogP contribution in [0.1, 0.15) is 42.3 Å². The molecule has 0 aliphatic carbocycles. The maximum Gasteiger partial charge on any atom is 0.221 e. The average molecular weight is 324 g/mol. The Labute approximate surface area is 142 Å². The number of hydrogen-bond acceptors (Lipinski definition) is 3. The van der Waals surface area contributed by atoms with E-state index < -0.39 is 0 Å². The fourth-order valence-electron chi connectivity index (χ4n) is 4.29. The molecule has 2 saturated heterocycles. The summed E-state index contributed by atoms with van der Waals surface area (Å²) in [7, 11) is 0. The minimum atomic E-state index is -0.0754. The Morgan fingerprint density at radius 2 is 1.92 bits per heavy atom. The number of rotatable bonds is 3. The highest BCUT2D eigenvalue weighted by Gasteiger charge is 2.48. The number of nitrogens with one attached hydrogen (secondary N) is 1. The predicted molar refractivity (Wildman–Crippen MR) is 92.6 cm³/mol. The Kier molecular flexibility index (Phi) is 3.93. The summed E-state index contributed by atoms with van der Waals surface area (Å²) in [6.07, 6.45) is 2.61.